The number of halogens is 6. The second kappa shape index (κ2) is 11.6. The molecule has 2 aromatic heterocycles. The summed E-state index contributed by atoms with van der Waals surface area (Å²) < 4.78 is 65.4. The van der Waals surface area contributed by atoms with Gasteiger partial charge < -0.3 is 10.2 Å². The summed E-state index contributed by atoms with van der Waals surface area (Å²) in [6, 6.07) is 0. The number of carbonyl (C=O) groups is 2. The molecule has 0 radical (unpaired) electrons. The fourth-order valence-electron chi connectivity index (χ4n) is 3.96. The number of nitrogens with zero attached hydrogens (tertiary/aromatic N) is 5. The van der Waals surface area contributed by atoms with Crippen molar-refractivity contribution in [2.45, 2.75) is 38.8 Å². The van der Waals surface area contributed by atoms with E-state index in [1.165, 1.54) is 48.9 Å². The Kier molecular flexibility index (Phi) is 9.47. The second-order valence-electron chi connectivity index (χ2n) is 8.59. The predicted molar refractivity (Wildman–Crippen MR) is 115 cm³/mol. The van der Waals surface area contributed by atoms with Gasteiger partial charge in [-0.3, -0.25) is 14.5 Å². The lowest BCUT2D eigenvalue weighted by molar-refractivity contribution is -0.193. The molecule has 0 aliphatic carbocycles. The van der Waals surface area contributed by atoms with E-state index in [1.54, 1.807) is 11.3 Å². The number of aliphatic carboxylic acids is 2. The van der Waals surface area contributed by atoms with Gasteiger partial charge >= 0.3 is 24.3 Å². The van der Waals surface area contributed by atoms with E-state index in [9.17, 15) is 26.3 Å². The number of rotatable bonds is 4. The molecule has 2 N–H and O–H groups in total. The van der Waals surface area contributed by atoms with Crippen LogP contribution in [-0.2, 0) is 29.7 Å². The molecule has 0 bridgehead atoms. The Labute approximate surface area is 205 Å². The second-order valence-corrected chi connectivity index (χ2v) is 9.65. The molecule has 2 fully saturated rings. The highest BCUT2D eigenvalue weighted by molar-refractivity contribution is 7.09. The molecule has 202 valence electrons. The highest BCUT2D eigenvalue weighted by Gasteiger charge is 2.47. The number of aryl methyl sites for hydroxylation is 2. The van der Waals surface area contributed by atoms with Gasteiger partial charge in [0.2, 0.25) is 0 Å². The largest absolute Gasteiger partial charge is 0.490 e. The number of alkyl halides is 6. The topological polar surface area (TPSA) is 112 Å². The number of hydrogen-bond donors (Lipinski definition) is 2. The van der Waals surface area contributed by atoms with Gasteiger partial charge in [-0.1, -0.05) is 0 Å². The van der Waals surface area contributed by atoms with E-state index in [4.69, 9.17) is 19.8 Å². The lowest BCUT2D eigenvalue weighted by Gasteiger charge is -2.48. The van der Waals surface area contributed by atoms with Crippen LogP contribution in [0.1, 0.15) is 22.7 Å². The van der Waals surface area contributed by atoms with E-state index in [1.807, 2.05) is 17.9 Å². The van der Waals surface area contributed by atoms with E-state index in [0.29, 0.717) is 5.41 Å². The molecule has 36 heavy (non-hydrogen) atoms. The number of hydrogen-bond acceptors (Lipinski definition) is 7. The van der Waals surface area contributed by atoms with Crippen molar-refractivity contribution in [2.24, 2.45) is 12.5 Å². The van der Waals surface area contributed by atoms with Crippen LogP contribution in [0.2, 0.25) is 0 Å². The normalized spacial score (nSPS) is 17.6. The van der Waals surface area contributed by atoms with Crippen LogP contribution in [-0.4, -0.2) is 85.2 Å². The molecule has 0 saturated carbocycles. The highest BCUT2D eigenvalue weighted by Crippen LogP contribution is 2.40. The first-order valence-corrected chi connectivity index (χ1v) is 11.3. The minimum Gasteiger partial charge on any atom is -0.475 e. The molecule has 2 aromatic rings. The van der Waals surface area contributed by atoms with Gasteiger partial charge in [0.1, 0.15) is 0 Å². The van der Waals surface area contributed by atoms with E-state index in [-0.39, 0.29) is 0 Å². The summed E-state index contributed by atoms with van der Waals surface area (Å²) in [6.45, 7) is 9.06. The molecule has 4 heterocycles. The van der Waals surface area contributed by atoms with Crippen LogP contribution in [0.3, 0.4) is 0 Å². The Morgan fingerprint density at radius 1 is 1.03 bits per heavy atom. The van der Waals surface area contributed by atoms with Crippen molar-refractivity contribution in [1.82, 2.24) is 24.6 Å². The number of carboxylic acids is 2. The Hall–Kier alpha value is -2.72. The summed E-state index contributed by atoms with van der Waals surface area (Å²) in [6.07, 6.45) is -4.73. The van der Waals surface area contributed by atoms with Crippen LogP contribution >= 0.6 is 11.3 Å². The minimum atomic E-state index is -5.08. The SMILES string of the molecule is Cc1nc(CN2CCC3(C2)CN(Cc2cnn(C)c2)C3)cs1.O=C(O)C(F)(F)F.O=C(O)C(F)(F)F. The summed E-state index contributed by atoms with van der Waals surface area (Å²) in [5.74, 6) is -5.51. The lowest BCUT2D eigenvalue weighted by Crippen LogP contribution is -2.56. The van der Waals surface area contributed by atoms with E-state index < -0.39 is 24.3 Å². The summed E-state index contributed by atoms with van der Waals surface area (Å²) in [5, 5.41) is 21.9. The maximum Gasteiger partial charge on any atom is 0.490 e. The molecular formula is C20H25F6N5O4S. The number of carboxylic acid groups (broad SMARTS) is 2. The Morgan fingerprint density at radius 2 is 1.56 bits per heavy atom. The van der Waals surface area contributed by atoms with Crippen LogP contribution in [0.15, 0.2) is 17.8 Å². The zero-order valence-corrected chi connectivity index (χ0v) is 20.1. The Bertz CT molecular complexity index is 1010. The van der Waals surface area contributed by atoms with Crippen molar-refractivity contribution in [3.63, 3.8) is 0 Å². The molecule has 0 unspecified atom stereocenters. The Morgan fingerprint density at radius 3 is 1.97 bits per heavy atom. The van der Waals surface area contributed by atoms with E-state index >= 15 is 0 Å². The van der Waals surface area contributed by atoms with Crippen molar-refractivity contribution in [3.05, 3.63) is 34.0 Å². The first kappa shape index (κ1) is 29.5. The van der Waals surface area contributed by atoms with Gasteiger partial charge in [0, 0.05) is 62.3 Å². The van der Waals surface area contributed by atoms with Crippen LogP contribution < -0.4 is 0 Å². The first-order valence-electron chi connectivity index (χ1n) is 10.4. The van der Waals surface area contributed by atoms with Crippen molar-refractivity contribution in [2.75, 3.05) is 26.2 Å². The average Bonchev–Trinajstić information content (AvgIpc) is 3.42. The van der Waals surface area contributed by atoms with Crippen molar-refractivity contribution in [1.29, 1.82) is 0 Å². The number of aromatic nitrogens is 3. The van der Waals surface area contributed by atoms with Crippen molar-refractivity contribution < 1.29 is 46.1 Å². The van der Waals surface area contributed by atoms with Gasteiger partial charge in [-0.25, -0.2) is 14.6 Å². The maximum atomic E-state index is 10.6. The van der Waals surface area contributed by atoms with Crippen molar-refractivity contribution in [3.8, 4) is 0 Å². The van der Waals surface area contributed by atoms with Gasteiger partial charge in [-0.05, 0) is 19.9 Å². The summed E-state index contributed by atoms with van der Waals surface area (Å²) in [5.41, 5.74) is 3.10. The van der Waals surface area contributed by atoms with Crippen LogP contribution in [0.5, 0.6) is 0 Å². The summed E-state index contributed by atoms with van der Waals surface area (Å²) in [7, 11) is 1.98. The molecule has 0 amide bonds. The zero-order chi connectivity index (χ0) is 27.3. The van der Waals surface area contributed by atoms with Crippen LogP contribution in [0, 0.1) is 12.3 Å². The molecular weight excluding hydrogens is 520 g/mol. The first-order chi connectivity index (χ1) is 16.5. The molecule has 9 nitrogen and oxygen atoms in total. The van der Waals surface area contributed by atoms with Crippen molar-refractivity contribution >= 4 is 23.3 Å². The van der Waals surface area contributed by atoms with E-state index in [2.05, 4.69) is 38.4 Å². The standard InChI is InChI=1S/C16H23N5S.2C2HF3O2/c1-13-18-15(9-22-13)8-20-4-3-16(10-20)11-21(12-16)7-14-5-17-19(2)6-14;2*3-2(4,5)1(6)7/h5-6,9H,3-4,7-8,10-12H2,1-2H3;2*(H,6,7). The molecule has 2 aliphatic heterocycles. The average molecular weight is 546 g/mol. The highest BCUT2D eigenvalue weighted by atomic mass is 32.1. The number of thiazole rings is 1. The third-order valence-corrected chi connectivity index (χ3v) is 6.16. The quantitative estimate of drug-likeness (QED) is 0.564. The predicted octanol–water partition coefficient (Wildman–Crippen LogP) is 3.16. The third kappa shape index (κ3) is 9.05. The number of likely N-dealkylation sites (tertiary alicyclic amines) is 2. The molecule has 16 heteroatoms. The van der Waals surface area contributed by atoms with E-state index in [0.717, 1.165) is 13.1 Å². The summed E-state index contributed by atoms with van der Waals surface area (Å²) in [4.78, 5) is 27.5. The molecule has 0 atom stereocenters. The fraction of sp³-hybridized carbons (Fsp3) is 0.600. The molecule has 4 rings (SSSR count). The minimum absolute atomic E-state index is 0.535. The zero-order valence-electron chi connectivity index (χ0n) is 19.3. The Balaban J connectivity index is 0.000000271. The van der Waals surface area contributed by atoms with Crippen LogP contribution in [0.4, 0.5) is 26.3 Å². The monoisotopic (exact) mass is 545 g/mol. The molecule has 0 aromatic carbocycles. The summed E-state index contributed by atoms with van der Waals surface area (Å²) >= 11 is 1.76. The van der Waals surface area contributed by atoms with Gasteiger partial charge in [0.15, 0.2) is 0 Å². The van der Waals surface area contributed by atoms with Crippen LogP contribution in [0.25, 0.3) is 0 Å². The van der Waals surface area contributed by atoms with Gasteiger partial charge in [0.05, 0.1) is 16.9 Å². The van der Waals surface area contributed by atoms with Gasteiger partial charge in [0.25, 0.3) is 0 Å². The molecule has 2 saturated heterocycles. The van der Waals surface area contributed by atoms with Gasteiger partial charge in [-0.15, -0.1) is 11.3 Å². The third-order valence-electron chi connectivity index (χ3n) is 5.34. The van der Waals surface area contributed by atoms with Gasteiger partial charge in [-0.2, -0.15) is 31.4 Å². The smallest absolute Gasteiger partial charge is 0.475 e. The molecule has 2 aliphatic rings. The fourth-order valence-corrected chi connectivity index (χ4v) is 4.56. The maximum absolute atomic E-state index is 10.6. The molecule has 1 spiro atoms. The lowest BCUT2D eigenvalue weighted by atomic mass is 9.79.